The Morgan fingerprint density at radius 2 is 1.94 bits per heavy atom. The molecule has 164 valence electrons. The second-order valence-electron chi connectivity index (χ2n) is 7.79. The maximum absolute atomic E-state index is 13.7. The molecule has 2 aromatic rings. The third kappa shape index (κ3) is 4.22. The Morgan fingerprint density at radius 1 is 1.26 bits per heavy atom. The third-order valence-corrected chi connectivity index (χ3v) is 5.23. The second kappa shape index (κ2) is 8.35. The van der Waals surface area contributed by atoms with Gasteiger partial charge in [0.1, 0.15) is 11.9 Å². The van der Waals surface area contributed by atoms with E-state index in [1.165, 1.54) is 44.1 Å². The van der Waals surface area contributed by atoms with Crippen LogP contribution in [0.4, 0.5) is 10.1 Å². The van der Waals surface area contributed by atoms with Gasteiger partial charge in [0, 0.05) is 36.7 Å². The van der Waals surface area contributed by atoms with Crippen LogP contribution < -0.4 is 10.6 Å². The van der Waals surface area contributed by atoms with Gasteiger partial charge in [-0.3, -0.25) is 14.4 Å². The zero-order valence-electron chi connectivity index (χ0n) is 18.0. The van der Waals surface area contributed by atoms with Gasteiger partial charge in [0.05, 0.1) is 17.2 Å². The Bertz CT molecular complexity index is 1100. The van der Waals surface area contributed by atoms with Crippen molar-refractivity contribution in [3.63, 3.8) is 0 Å². The molecule has 0 spiro atoms. The van der Waals surface area contributed by atoms with Gasteiger partial charge in [-0.15, -0.1) is 0 Å². The van der Waals surface area contributed by atoms with Crippen LogP contribution in [0.15, 0.2) is 18.2 Å². The van der Waals surface area contributed by atoms with Gasteiger partial charge in [0.15, 0.2) is 0 Å². The number of aliphatic hydroxyl groups is 1. The van der Waals surface area contributed by atoms with E-state index in [0.29, 0.717) is 33.8 Å². The van der Waals surface area contributed by atoms with Crippen LogP contribution >= 0.6 is 0 Å². The molecular weight excluding hydrogens is 403 g/mol. The summed E-state index contributed by atoms with van der Waals surface area (Å²) in [6.45, 7) is 4.82. The lowest BCUT2D eigenvalue weighted by atomic mass is 10.0. The lowest BCUT2D eigenvalue weighted by molar-refractivity contribution is -0.133. The Hall–Kier alpha value is -3.46. The molecule has 0 unspecified atom stereocenters. The van der Waals surface area contributed by atoms with E-state index in [2.05, 4.69) is 15.6 Å². The van der Waals surface area contributed by atoms with Crippen LogP contribution in [0.3, 0.4) is 0 Å². The number of aliphatic hydroxyl groups excluding tert-OH is 1. The van der Waals surface area contributed by atoms with Gasteiger partial charge in [-0.05, 0) is 50.6 Å². The number of amides is 3. The van der Waals surface area contributed by atoms with Gasteiger partial charge in [0.25, 0.3) is 11.8 Å². The lowest BCUT2D eigenvalue weighted by Gasteiger charge is -2.24. The molecule has 2 heterocycles. The van der Waals surface area contributed by atoms with Gasteiger partial charge in [-0.1, -0.05) is 0 Å². The number of aromatic nitrogens is 1. The van der Waals surface area contributed by atoms with Gasteiger partial charge < -0.3 is 25.6 Å². The van der Waals surface area contributed by atoms with Crippen LogP contribution in [0, 0.1) is 19.7 Å². The predicted octanol–water partition coefficient (Wildman–Crippen LogP) is 1.83. The zero-order valence-corrected chi connectivity index (χ0v) is 18.0. The number of hydrogen-bond acceptors (Lipinski definition) is 4. The van der Waals surface area contributed by atoms with Crippen molar-refractivity contribution in [3.05, 3.63) is 52.1 Å². The Balaban J connectivity index is 1.96. The Labute approximate surface area is 179 Å². The van der Waals surface area contributed by atoms with Crippen LogP contribution in [0.1, 0.15) is 39.8 Å². The van der Waals surface area contributed by atoms with Crippen LogP contribution in [-0.4, -0.2) is 59.0 Å². The largest absolute Gasteiger partial charge is 0.391 e. The van der Waals surface area contributed by atoms with Crippen LogP contribution in [0.2, 0.25) is 0 Å². The number of H-pyrrole nitrogens is 1. The molecule has 0 saturated heterocycles. The number of aromatic amines is 1. The lowest BCUT2D eigenvalue weighted by Crippen LogP contribution is -2.52. The number of carbonyl (C=O) groups is 3. The highest BCUT2D eigenvalue weighted by molar-refractivity contribution is 6.34. The van der Waals surface area contributed by atoms with Crippen molar-refractivity contribution in [1.82, 2.24) is 15.2 Å². The highest BCUT2D eigenvalue weighted by atomic mass is 19.1. The molecule has 0 fully saturated rings. The first kappa shape index (κ1) is 22.2. The van der Waals surface area contributed by atoms with Gasteiger partial charge in [0.2, 0.25) is 5.91 Å². The number of halogens is 1. The number of nitrogens with one attached hydrogen (secondary N) is 3. The van der Waals surface area contributed by atoms with E-state index < -0.39 is 29.8 Å². The Morgan fingerprint density at radius 3 is 2.55 bits per heavy atom. The number of rotatable bonds is 5. The molecule has 9 heteroatoms. The average Bonchev–Trinajstić information content (AvgIpc) is 3.14. The van der Waals surface area contributed by atoms with Gasteiger partial charge in [-0.25, -0.2) is 4.39 Å². The molecule has 2 atom stereocenters. The SMILES string of the molecule is Cc1[nH]c(/C=C2\C(=O)Nc3ccc(F)cc32)c(C)c1C(=O)N[C@@H](C(=O)N(C)C)[C@H](C)O. The fraction of sp³-hybridized carbons (Fsp3) is 0.318. The normalized spacial score (nSPS) is 16.0. The summed E-state index contributed by atoms with van der Waals surface area (Å²) < 4.78 is 13.7. The van der Waals surface area contributed by atoms with E-state index in [0.717, 1.165) is 0 Å². The summed E-state index contributed by atoms with van der Waals surface area (Å²) >= 11 is 0. The third-order valence-electron chi connectivity index (χ3n) is 5.23. The first-order chi connectivity index (χ1) is 14.5. The molecule has 1 aromatic carbocycles. The smallest absolute Gasteiger partial charge is 0.256 e. The maximum Gasteiger partial charge on any atom is 0.256 e. The summed E-state index contributed by atoms with van der Waals surface area (Å²) in [5, 5.41) is 15.2. The molecule has 31 heavy (non-hydrogen) atoms. The molecule has 0 radical (unpaired) electrons. The number of likely N-dealkylation sites (N-methyl/N-ethyl adjacent to an activating group) is 1. The quantitative estimate of drug-likeness (QED) is 0.544. The molecule has 4 N–H and O–H groups in total. The minimum Gasteiger partial charge on any atom is -0.391 e. The number of fused-ring (bicyclic) bond motifs is 1. The molecule has 8 nitrogen and oxygen atoms in total. The van der Waals surface area contributed by atoms with Crippen molar-refractivity contribution in [2.24, 2.45) is 0 Å². The number of nitrogens with zero attached hydrogens (tertiary/aromatic N) is 1. The van der Waals surface area contributed by atoms with Crippen molar-refractivity contribution in [1.29, 1.82) is 0 Å². The van der Waals surface area contributed by atoms with Crippen LogP contribution in [-0.2, 0) is 9.59 Å². The van der Waals surface area contributed by atoms with E-state index in [9.17, 15) is 23.9 Å². The molecule has 0 bridgehead atoms. The topological polar surface area (TPSA) is 115 Å². The summed E-state index contributed by atoms with van der Waals surface area (Å²) in [5.41, 5.74) is 3.13. The van der Waals surface area contributed by atoms with E-state index in [1.807, 2.05) is 0 Å². The molecule has 1 aliphatic heterocycles. The monoisotopic (exact) mass is 428 g/mol. The first-order valence-electron chi connectivity index (χ1n) is 9.73. The number of benzene rings is 1. The number of aryl methyl sites for hydroxylation is 1. The highest BCUT2D eigenvalue weighted by Crippen LogP contribution is 2.34. The summed E-state index contributed by atoms with van der Waals surface area (Å²) in [7, 11) is 3.07. The van der Waals surface area contributed by atoms with E-state index >= 15 is 0 Å². The summed E-state index contributed by atoms with van der Waals surface area (Å²) in [4.78, 5) is 42.0. The number of carbonyl (C=O) groups excluding carboxylic acids is 3. The van der Waals surface area contributed by atoms with Crippen molar-refractivity contribution < 1.29 is 23.9 Å². The standard InChI is InChI=1S/C22H25FN4O4/c1-10-17(9-15-14-8-13(23)6-7-16(14)25-20(15)29)24-11(2)18(10)21(30)26-19(12(3)28)22(31)27(4)5/h6-9,12,19,24,28H,1-5H3,(H,25,29)(H,26,30)/b15-9-/t12-,19+/m0/s1. The fourth-order valence-electron chi connectivity index (χ4n) is 3.59. The first-order valence-corrected chi connectivity index (χ1v) is 9.73. The predicted molar refractivity (Wildman–Crippen MR) is 115 cm³/mol. The van der Waals surface area contributed by atoms with E-state index in [1.54, 1.807) is 19.9 Å². The molecule has 0 aliphatic carbocycles. The second-order valence-corrected chi connectivity index (χ2v) is 7.79. The van der Waals surface area contributed by atoms with Crippen molar-refractivity contribution >= 4 is 35.1 Å². The summed E-state index contributed by atoms with van der Waals surface area (Å²) in [5.74, 6) is -1.79. The molecular formula is C22H25FN4O4. The summed E-state index contributed by atoms with van der Waals surface area (Å²) in [6.07, 6.45) is 0.477. The van der Waals surface area contributed by atoms with Gasteiger partial charge >= 0.3 is 0 Å². The van der Waals surface area contributed by atoms with Crippen molar-refractivity contribution in [2.75, 3.05) is 19.4 Å². The minimum absolute atomic E-state index is 0.274. The van der Waals surface area contributed by atoms with Gasteiger partial charge in [-0.2, -0.15) is 0 Å². The molecule has 0 saturated carbocycles. The Kier molecular flexibility index (Phi) is 5.99. The average molecular weight is 428 g/mol. The van der Waals surface area contributed by atoms with Crippen LogP contribution in [0.25, 0.3) is 11.6 Å². The maximum atomic E-state index is 13.7. The summed E-state index contributed by atoms with van der Waals surface area (Å²) in [6, 6.07) is 2.93. The van der Waals surface area contributed by atoms with Crippen molar-refractivity contribution in [3.8, 4) is 0 Å². The van der Waals surface area contributed by atoms with E-state index in [-0.39, 0.29) is 11.5 Å². The molecule has 3 amide bonds. The fourth-order valence-corrected chi connectivity index (χ4v) is 3.59. The molecule has 3 rings (SSSR count). The molecule has 1 aromatic heterocycles. The molecule has 1 aliphatic rings. The zero-order chi connectivity index (χ0) is 23.0. The number of anilines is 1. The van der Waals surface area contributed by atoms with Crippen molar-refractivity contribution in [2.45, 2.75) is 32.9 Å². The van der Waals surface area contributed by atoms with E-state index in [4.69, 9.17) is 0 Å². The minimum atomic E-state index is -1.10. The van der Waals surface area contributed by atoms with Crippen LogP contribution in [0.5, 0.6) is 0 Å². The number of hydrogen-bond donors (Lipinski definition) is 4. The highest BCUT2D eigenvalue weighted by Gasteiger charge is 2.30.